The van der Waals surface area contributed by atoms with Gasteiger partial charge in [-0.2, -0.15) is 13.2 Å². The average molecular weight is 380 g/mol. The molecule has 7 heteroatoms. The lowest BCUT2D eigenvalue weighted by Crippen LogP contribution is -2.27. The molecule has 0 bridgehead atoms. The Morgan fingerprint density at radius 1 is 0.889 bits per heavy atom. The van der Waals surface area contributed by atoms with E-state index in [1.54, 1.807) is 32.9 Å². The predicted octanol–water partition coefficient (Wildman–Crippen LogP) is 5.34. The molecule has 0 aliphatic rings. The van der Waals surface area contributed by atoms with Crippen LogP contribution in [0.5, 0.6) is 0 Å². The van der Waals surface area contributed by atoms with Gasteiger partial charge in [0.15, 0.2) is 0 Å². The highest BCUT2D eigenvalue weighted by Gasteiger charge is 2.29. The number of carbonyl (C=O) groups is 1. The van der Waals surface area contributed by atoms with Gasteiger partial charge in [0.25, 0.3) is 0 Å². The number of carbonyl (C=O) groups excluding carboxylic acids is 1. The summed E-state index contributed by atoms with van der Waals surface area (Å²) in [7, 11) is 0. The normalized spacial score (nSPS) is 11.9. The van der Waals surface area contributed by atoms with E-state index in [1.807, 2.05) is 12.1 Å². The second-order valence-corrected chi connectivity index (χ2v) is 7.12. The standard InChI is InChI=1S/C20H23F3N2O2/c1-19(2,3)27-18(26)25-17-10-6-15(7-11-17)13-24-12-14-4-8-16(9-5-14)20(21,22)23/h4-11,24H,12-13H2,1-3H3,(H,25,26). The summed E-state index contributed by atoms with van der Waals surface area (Å²) in [5.74, 6) is 0. The zero-order valence-electron chi connectivity index (χ0n) is 15.5. The van der Waals surface area contributed by atoms with Crippen molar-refractivity contribution in [3.63, 3.8) is 0 Å². The predicted molar refractivity (Wildman–Crippen MR) is 98.3 cm³/mol. The van der Waals surface area contributed by atoms with Gasteiger partial charge in [0.2, 0.25) is 0 Å². The van der Waals surface area contributed by atoms with Crippen LogP contribution in [0.1, 0.15) is 37.5 Å². The number of anilines is 1. The fourth-order valence-electron chi connectivity index (χ4n) is 2.29. The third-order valence-corrected chi connectivity index (χ3v) is 3.54. The summed E-state index contributed by atoms with van der Waals surface area (Å²) in [5.41, 5.74) is 1.16. The molecule has 0 heterocycles. The van der Waals surface area contributed by atoms with Crippen LogP contribution in [0, 0.1) is 0 Å². The molecular formula is C20H23F3N2O2. The summed E-state index contributed by atoms with van der Waals surface area (Å²) in [4.78, 5) is 11.7. The highest BCUT2D eigenvalue weighted by atomic mass is 19.4. The van der Waals surface area contributed by atoms with Gasteiger partial charge < -0.3 is 10.1 Å². The Bertz CT molecular complexity index is 749. The Kier molecular flexibility index (Phi) is 6.49. The highest BCUT2D eigenvalue weighted by Crippen LogP contribution is 2.29. The van der Waals surface area contributed by atoms with E-state index in [1.165, 1.54) is 12.1 Å². The highest BCUT2D eigenvalue weighted by molar-refractivity contribution is 5.84. The lowest BCUT2D eigenvalue weighted by atomic mass is 10.1. The van der Waals surface area contributed by atoms with Gasteiger partial charge in [-0.15, -0.1) is 0 Å². The first-order valence-corrected chi connectivity index (χ1v) is 8.49. The number of nitrogens with one attached hydrogen (secondary N) is 2. The van der Waals surface area contributed by atoms with Gasteiger partial charge in [0, 0.05) is 18.8 Å². The van der Waals surface area contributed by atoms with Crippen molar-refractivity contribution in [3.8, 4) is 0 Å². The first-order valence-electron chi connectivity index (χ1n) is 8.49. The summed E-state index contributed by atoms with van der Waals surface area (Å²) in [6, 6.07) is 12.3. The van der Waals surface area contributed by atoms with E-state index in [2.05, 4.69) is 10.6 Å². The van der Waals surface area contributed by atoms with Crippen LogP contribution in [0.3, 0.4) is 0 Å². The molecular weight excluding hydrogens is 357 g/mol. The molecule has 2 aromatic carbocycles. The first kappa shape index (κ1) is 20.8. The zero-order valence-corrected chi connectivity index (χ0v) is 15.5. The Morgan fingerprint density at radius 2 is 1.37 bits per heavy atom. The molecule has 0 aliphatic heterocycles. The second-order valence-electron chi connectivity index (χ2n) is 7.12. The molecule has 4 nitrogen and oxygen atoms in total. The molecule has 27 heavy (non-hydrogen) atoms. The molecule has 2 aromatic rings. The monoisotopic (exact) mass is 380 g/mol. The Morgan fingerprint density at radius 3 is 1.81 bits per heavy atom. The number of alkyl halides is 3. The van der Waals surface area contributed by atoms with E-state index in [9.17, 15) is 18.0 Å². The fraction of sp³-hybridized carbons (Fsp3) is 0.350. The van der Waals surface area contributed by atoms with E-state index >= 15 is 0 Å². The third kappa shape index (κ3) is 7.30. The molecule has 0 radical (unpaired) electrons. The molecule has 0 saturated carbocycles. The fourth-order valence-corrected chi connectivity index (χ4v) is 2.29. The van der Waals surface area contributed by atoms with Crippen molar-refractivity contribution in [3.05, 3.63) is 65.2 Å². The van der Waals surface area contributed by atoms with Crippen molar-refractivity contribution in [2.75, 3.05) is 5.32 Å². The van der Waals surface area contributed by atoms with E-state index < -0.39 is 23.4 Å². The van der Waals surface area contributed by atoms with Crippen molar-refractivity contribution in [1.29, 1.82) is 0 Å². The Hall–Kier alpha value is -2.54. The molecule has 1 amide bonds. The smallest absolute Gasteiger partial charge is 0.416 e. The summed E-state index contributed by atoms with van der Waals surface area (Å²) >= 11 is 0. The van der Waals surface area contributed by atoms with E-state index in [0.29, 0.717) is 18.8 Å². The van der Waals surface area contributed by atoms with Crippen LogP contribution >= 0.6 is 0 Å². The molecule has 0 saturated heterocycles. The van der Waals surface area contributed by atoms with Crippen LogP contribution in [0.15, 0.2) is 48.5 Å². The van der Waals surface area contributed by atoms with Gasteiger partial charge in [-0.3, -0.25) is 5.32 Å². The van der Waals surface area contributed by atoms with Crippen LogP contribution in [-0.4, -0.2) is 11.7 Å². The van der Waals surface area contributed by atoms with Crippen molar-refractivity contribution >= 4 is 11.8 Å². The van der Waals surface area contributed by atoms with Crippen LogP contribution in [0.4, 0.5) is 23.7 Å². The average Bonchev–Trinajstić information content (AvgIpc) is 2.54. The van der Waals surface area contributed by atoms with Gasteiger partial charge in [-0.25, -0.2) is 4.79 Å². The van der Waals surface area contributed by atoms with Crippen molar-refractivity contribution < 1.29 is 22.7 Å². The van der Waals surface area contributed by atoms with Gasteiger partial charge in [0.05, 0.1) is 5.56 Å². The number of benzene rings is 2. The van der Waals surface area contributed by atoms with Crippen LogP contribution in [-0.2, 0) is 24.0 Å². The maximum atomic E-state index is 12.5. The maximum Gasteiger partial charge on any atom is 0.416 e. The number of hydrogen-bond acceptors (Lipinski definition) is 3. The summed E-state index contributed by atoms with van der Waals surface area (Å²) in [6.07, 6.45) is -4.84. The zero-order chi connectivity index (χ0) is 20.1. The minimum absolute atomic E-state index is 0.454. The summed E-state index contributed by atoms with van der Waals surface area (Å²) < 4.78 is 42.8. The largest absolute Gasteiger partial charge is 0.444 e. The van der Waals surface area contributed by atoms with E-state index in [-0.39, 0.29) is 0 Å². The molecule has 0 unspecified atom stereocenters. The van der Waals surface area contributed by atoms with Gasteiger partial charge in [0.1, 0.15) is 5.60 Å². The number of halogens is 3. The van der Waals surface area contributed by atoms with E-state index in [0.717, 1.165) is 23.3 Å². The molecule has 2 N–H and O–H groups in total. The molecule has 0 aromatic heterocycles. The van der Waals surface area contributed by atoms with Gasteiger partial charge >= 0.3 is 12.3 Å². The third-order valence-electron chi connectivity index (χ3n) is 3.54. The first-order chi connectivity index (χ1) is 12.5. The molecule has 0 atom stereocenters. The Balaban J connectivity index is 1.80. The SMILES string of the molecule is CC(C)(C)OC(=O)Nc1ccc(CNCc2ccc(C(F)(F)F)cc2)cc1. The van der Waals surface area contributed by atoms with Crippen LogP contribution in [0.2, 0.25) is 0 Å². The molecule has 2 rings (SSSR count). The molecule has 0 spiro atoms. The number of hydrogen-bond donors (Lipinski definition) is 2. The summed E-state index contributed by atoms with van der Waals surface area (Å²) in [6.45, 7) is 6.37. The molecule has 0 aliphatic carbocycles. The summed E-state index contributed by atoms with van der Waals surface area (Å²) in [5, 5.41) is 5.83. The number of rotatable bonds is 5. The number of amides is 1. The molecule has 0 fully saturated rings. The Labute approximate surface area is 156 Å². The van der Waals surface area contributed by atoms with Crippen LogP contribution < -0.4 is 10.6 Å². The van der Waals surface area contributed by atoms with Crippen molar-refractivity contribution in [1.82, 2.24) is 5.32 Å². The van der Waals surface area contributed by atoms with Crippen molar-refractivity contribution in [2.24, 2.45) is 0 Å². The lowest BCUT2D eigenvalue weighted by Gasteiger charge is -2.19. The second kappa shape index (κ2) is 8.43. The van der Waals surface area contributed by atoms with Gasteiger partial charge in [-0.1, -0.05) is 24.3 Å². The van der Waals surface area contributed by atoms with Crippen molar-refractivity contribution in [2.45, 2.75) is 45.6 Å². The topological polar surface area (TPSA) is 50.4 Å². The lowest BCUT2D eigenvalue weighted by molar-refractivity contribution is -0.137. The molecule has 146 valence electrons. The minimum Gasteiger partial charge on any atom is -0.444 e. The minimum atomic E-state index is -4.32. The quantitative estimate of drug-likeness (QED) is 0.736. The van der Waals surface area contributed by atoms with Gasteiger partial charge in [-0.05, 0) is 56.2 Å². The van der Waals surface area contributed by atoms with Crippen LogP contribution in [0.25, 0.3) is 0 Å². The maximum absolute atomic E-state index is 12.5. The van der Waals surface area contributed by atoms with E-state index in [4.69, 9.17) is 4.74 Å². The number of ether oxygens (including phenoxy) is 1.